The van der Waals surface area contributed by atoms with Gasteiger partial charge in [-0.25, -0.2) is 8.42 Å². The van der Waals surface area contributed by atoms with E-state index < -0.39 is 73.9 Å². The van der Waals surface area contributed by atoms with Gasteiger partial charge in [0.25, 0.3) is 10.0 Å². The van der Waals surface area contributed by atoms with Crippen molar-refractivity contribution in [3.05, 3.63) is 0 Å². The van der Waals surface area contributed by atoms with E-state index in [1.54, 1.807) is 0 Å². The molecule has 0 aliphatic rings. The van der Waals surface area contributed by atoms with Crippen LogP contribution in [-0.2, 0) is 10.0 Å². The van der Waals surface area contributed by atoms with Gasteiger partial charge in [-0.3, -0.25) is 0 Å². The topological polar surface area (TPSA) is 57.6 Å². The molecule has 1 N–H and O–H groups in total. The predicted molar refractivity (Wildman–Crippen MR) is 111 cm³/mol. The zero-order chi connectivity index (χ0) is 34.0. The molecule has 254 valence electrons. The Morgan fingerprint density at radius 3 is 1.21 bits per heavy atom. The third-order valence-electron chi connectivity index (χ3n) is 6.13. The number of unbranched alkanes of at least 4 members (excludes halogenated alkanes) is 7. The van der Waals surface area contributed by atoms with Crippen molar-refractivity contribution in [2.24, 2.45) is 0 Å². The van der Waals surface area contributed by atoms with Crippen LogP contribution in [0.3, 0.4) is 0 Å². The van der Waals surface area contributed by atoms with Gasteiger partial charge >= 0.3 is 47.0 Å². The first-order valence-corrected chi connectivity index (χ1v) is 13.2. The third-order valence-corrected chi connectivity index (χ3v) is 8.04. The number of aliphatic hydroxyl groups excluding tert-OH is 1. The van der Waals surface area contributed by atoms with Crippen molar-refractivity contribution < 1.29 is 88.2 Å². The standard InChI is InChI=1S/C20H26F17NO3S/c1-3-4-5-6-7-8-9-10-11-12(39)38(2)42(40,41)20(36,37)18(31,32)16(27,28)14(23,24)13(21,22)15(25,26)17(29,30)19(33,34)35/h12,39H,3-11H2,1-2H3. The van der Waals surface area contributed by atoms with E-state index in [0.717, 1.165) is 25.7 Å². The molecule has 0 saturated carbocycles. The van der Waals surface area contributed by atoms with Gasteiger partial charge in [0.05, 0.1) is 0 Å². The van der Waals surface area contributed by atoms with E-state index in [4.69, 9.17) is 0 Å². The SMILES string of the molecule is CCCCCCCCCCC(O)N(C)S(=O)(=O)C(F)(F)C(F)(F)C(F)(F)C(F)(F)C(F)(F)C(F)(F)C(F)(F)C(F)(F)F. The molecule has 0 radical (unpaired) electrons. The number of hydrogen-bond donors (Lipinski definition) is 1. The molecule has 1 unspecified atom stereocenters. The summed E-state index contributed by atoms with van der Waals surface area (Å²) in [5.41, 5.74) is 0. The van der Waals surface area contributed by atoms with E-state index in [1.165, 1.54) is 0 Å². The second kappa shape index (κ2) is 13.0. The Kier molecular flexibility index (Phi) is 12.6. The Bertz CT molecular complexity index is 983. The normalized spacial score (nSPS) is 16.3. The van der Waals surface area contributed by atoms with Crippen LogP contribution in [0, 0.1) is 0 Å². The number of sulfonamides is 1. The number of alkyl halides is 17. The van der Waals surface area contributed by atoms with Crippen molar-refractivity contribution in [1.82, 2.24) is 4.31 Å². The van der Waals surface area contributed by atoms with Gasteiger partial charge in [-0.2, -0.15) is 78.9 Å². The minimum Gasteiger partial charge on any atom is -0.377 e. The summed E-state index contributed by atoms with van der Waals surface area (Å²) in [6, 6.07) is 0. The summed E-state index contributed by atoms with van der Waals surface area (Å²) in [7, 11) is -7.67. The molecule has 0 rings (SSSR count). The van der Waals surface area contributed by atoms with E-state index in [1.807, 2.05) is 6.92 Å². The molecule has 0 spiro atoms. The van der Waals surface area contributed by atoms with Gasteiger partial charge in [0, 0.05) is 7.05 Å². The van der Waals surface area contributed by atoms with E-state index in [2.05, 4.69) is 0 Å². The molecule has 0 amide bonds. The number of nitrogens with zero attached hydrogens (tertiary/aromatic N) is 1. The van der Waals surface area contributed by atoms with E-state index in [0.29, 0.717) is 12.8 Å². The first-order valence-electron chi connectivity index (χ1n) is 11.8. The molecule has 0 aromatic rings. The molecule has 0 aliphatic carbocycles. The summed E-state index contributed by atoms with van der Waals surface area (Å²) >= 11 is 0. The average molecular weight is 683 g/mol. The fourth-order valence-electron chi connectivity index (χ4n) is 3.30. The van der Waals surface area contributed by atoms with Crippen LogP contribution in [0.5, 0.6) is 0 Å². The Morgan fingerprint density at radius 2 is 0.857 bits per heavy atom. The fraction of sp³-hybridized carbons (Fsp3) is 1.00. The summed E-state index contributed by atoms with van der Waals surface area (Å²) in [5.74, 6) is -51.9. The van der Waals surface area contributed by atoms with Crippen molar-refractivity contribution in [1.29, 1.82) is 0 Å². The minimum absolute atomic E-state index is 0.169. The Balaban J connectivity index is 6.22. The predicted octanol–water partition coefficient (Wildman–Crippen LogP) is 8.06. The Morgan fingerprint density at radius 1 is 0.548 bits per heavy atom. The molecule has 42 heavy (non-hydrogen) atoms. The van der Waals surface area contributed by atoms with E-state index >= 15 is 0 Å². The van der Waals surface area contributed by atoms with Crippen molar-refractivity contribution in [2.45, 2.75) is 118 Å². The lowest BCUT2D eigenvalue weighted by Gasteiger charge is -2.43. The van der Waals surface area contributed by atoms with Crippen LogP contribution < -0.4 is 0 Å². The van der Waals surface area contributed by atoms with Crippen molar-refractivity contribution in [2.75, 3.05) is 7.05 Å². The van der Waals surface area contributed by atoms with Crippen LogP contribution in [0.25, 0.3) is 0 Å². The number of aliphatic hydroxyl groups is 1. The molecule has 0 heterocycles. The van der Waals surface area contributed by atoms with Crippen LogP contribution in [0.15, 0.2) is 0 Å². The molecule has 0 aromatic heterocycles. The highest BCUT2D eigenvalue weighted by Crippen LogP contribution is 2.64. The van der Waals surface area contributed by atoms with Crippen LogP contribution >= 0.6 is 0 Å². The molecule has 0 aromatic carbocycles. The zero-order valence-corrected chi connectivity index (χ0v) is 22.3. The molecular weight excluding hydrogens is 657 g/mol. The second-order valence-corrected chi connectivity index (χ2v) is 11.3. The van der Waals surface area contributed by atoms with Gasteiger partial charge in [0.1, 0.15) is 6.23 Å². The summed E-state index contributed by atoms with van der Waals surface area (Å²) in [6.07, 6.45) is -7.04. The van der Waals surface area contributed by atoms with E-state index in [-0.39, 0.29) is 19.9 Å². The van der Waals surface area contributed by atoms with Crippen LogP contribution in [-0.4, -0.2) is 78.1 Å². The molecule has 4 nitrogen and oxygen atoms in total. The second-order valence-electron chi connectivity index (χ2n) is 9.23. The molecule has 0 aliphatic heterocycles. The minimum atomic E-state index is -8.89. The van der Waals surface area contributed by atoms with Gasteiger partial charge in [0.2, 0.25) is 0 Å². The monoisotopic (exact) mass is 683 g/mol. The molecule has 1 atom stereocenters. The van der Waals surface area contributed by atoms with Gasteiger partial charge in [-0.15, -0.1) is 0 Å². The van der Waals surface area contributed by atoms with Crippen LogP contribution in [0.4, 0.5) is 74.6 Å². The van der Waals surface area contributed by atoms with Gasteiger partial charge < -0.3 is 5.11 Å². The summed E-state index contributed by atoms with van der Waals surface area (Å²) < 4.78 is 250. The highest BCUT2D eigenvalue weighted by Gasteiger charge is 2.96. The van der Waals surface area contributed by atoms with Crippen molar-refractivity contribution >= 4 is 10.0 Å². The maximum atomic E-state index is 14.2. The van der Waals surface area contributed by atoms with Crippen LogP contribution in [0.1, 0.15) is 64.7 Å². The zero-order valence-electron chi connectivity index (χ0n) is 21.5. The molecule has 22 heteroatoms. The number of rotatable bonds is 18. The molecule has 0 bridgehead atoms. The van der Waals surface area contributed by atoms with Gasteiger partial charge in [-0.05, 0) is 12.8 Å². The molecule has 0 fully saturated rings. The number of halogens is 17. The lowest BCUT2D eigenvalue weighted by atomic mass is 9.91. The Labute approximate surface area is 228 Å². The first kappa shape index (κ1) is 40.7. The smallest absolute Gasteiger partial charge is 0.377 e. The summed E-state index contributed by atoms with van der Waals surface area (Å²) in [4.78, 5) is 0. The van der Waals surface area contributed by atoms with Crippen molar-refractivity contribution in [3.63, 3.8) is 0 Å². The highest BCUT2D eigenvalue weighted by molar-refractivity contribution is 7.90. The molecular formula is C20H26F17NO3S. The van der Waals surface area contributed by atoms with Gasteiger partial charge in [-0.1, -0.05) is 51.9 Å². The summed E-state index contributed by atoms with van der Waals surface area (Å²) in [5, 5.41) is 2.06. The van der Waals surface area contributed by atoms with E-state index in [9.17, 15) is 88.2 Å². The first-order chi connectivity index (χ1) is 18.4. The quantitative estimate of drug-likeness (QED) is 0.0904. The fourth-order valence-corrected chi connectivity index (χ4v) is 4.53. The number of hydrogen-bond acceptors (Lipinski definition) is 3. The van der Waals surface area contributed by atoms with Crippen LogP contribution in [0.2, 0.25) is 0 Å². The molecule has 0 saturated heterocycles. The lowest BCUT2D eigenvalue weighted by Crippen LogP contribution is -2.75. The van der Waals surface area contributed by atoms with Crippen molar-refractivity contribution in [3.8, 4) is 0 Å². The Hall–Kier alpha value is -1.32. The maximum absolute atomic E-state index is 14.2. The third kappa shape index (κ3) is 6.68. The lowest BCUT2D eigenvalue weighted by molar-refractivity contribution is -0.458. The highest BCUT2D eigenvalue weighted by atomic mass is 32.2. The maximum Gasteiger partial charge on any atom is 0.460 e. The largest absolute Gasteiger partial charge is 0.460 e. The average Bonchev–Trinajstić information content (AvgIpc) is 2.83. The summed E-state index contributed by atoms with van der Waals surface area (Å²) in [6.45, 7) is 1.92. The van der Waals surface area contributed by atoms with Gasteiger partial charge in [0.15, 0.2) is 0 Å².